The Morgan fingerprint density at radius 1 is 1.47 bits per heavy atom. The molecule has 100 valence electrons. The highest BCUT2D eigenvalue weighted by Gasteiger charge is 2.25. The van der Waals surface area contributed by atoms with Crippen molar-refractivity contribution < 1.29 is 9.53 Å². The molecule has 0 unspecified atom stereocenters. The summed E-state index contributed by atoms with van der Waals surface area (Å²) in [6.45, 7) is 8.83. The van der Waals surface area contributed by atoms with Crippen LogP contribution >= 0.6 is 0 Å². The van der Waals surface area contributed by atoms with Crippen LogP contribution in [0.2, 0.25) is 0 Å². The fourth-order valence-corrected chi connectivity index (χ4v) is 2.05. The van der Waals surface area contributed by atoms with E-state index in [9.17, 15) is 4.79 Å². The molecule has 0 aromatic rings. The van der Waals surface area contributed by atoms with Crippen LogP contribution in [-0.2, 0) is 4.74 Å². The van der Waals surface area contributed by atoms with Crippen LogP contribution in [0.15, 0.2) is 0 Å². The van der Waals surface area contributed by atoms with Gasteiger partial charge in [0.2, 0.25) is 0 Å². The van der Waals surface area contributed by atoms with Gasteiger partial charge in [0.05, 0.1) is 0 Å². The third-order valence-corrected chi connectivity index (χ3v) is 2.98. The zero-order chi connectivity index (χ0) is 12.9. The van der Waals surface area contributed by atoms with Gasteiger partial charge in [0.25, 0.3) is 0 Å². The molecule has 0 saturated carbocycles. The van der Waals surface area contributed by atoms with Crippen molar-refractivity contribution in [2.75, 3.05) is 26.2 Å². The lowest BCUT2D eigenvalue weighted by molar-refractivity contribution is 0.0509. The minimum atomic E-state index is -0.439. The molecular weight excluding hydrogens is 218 g/mol. The molecule has 1 heterocycles. The maximum Gasteiger partial charge on any atom is 0.407 e. The van der Waals surface area contributed by atoms with E-state index in [1.807, 2.05) is 20.8 Å². The van der Waals surface area contributed by atoms with Gasteiger partial charge < -0.3 is 21.1 Å². The molecule has 4 N–H and O–H groups in total. The van der Waals surface area contributed by atoms with Gasteiger partial charge >= 0.3 is 6.09 Å². The van der Waals surface area contributed by atoms with Gasteiger partial charge in [0.1, 0.15) is 5.60 Å². The quantitative estimate of drug-likeness (QED) is 0.682. The number of amides is 1. The summed E-state index contributed by atoms with van der Waals surface area (Å²) in [7, 11) is 0. The monoisotopic (exact) mass is 243 g/mol. The highest BCUT2D eigenvalue weighted by Crippen LogP contribution is 2.17. The first-order chi connectivity index (χ1) is 7.92. The zero-order valence-corrected chi connectivity index (χ0v) is 11.1. The molecule has 1 rings (SSSR count). The first kappa shape index (κ1) is 14.3. The normalized spacial score (nSPS) is 25.4. The van der Waals surface area contributed by atoms with Crippen molar-refractivity contribution in [1.29, 1.82) is 0 Å². The fraction of sp³-hybridized carbons (Fsp3) is 0.917. The number of nitrogens with two attached hydrogens (primary N) is 1. The fourth-order valence-electron chi connectivity index (χ4n) is 2.05. The SMILES string of the molecule is CC(C)(C)OC(=O)NC[C@@H]1CCNC[C@@H]1CN. The van der Waals surface area contributed by atoms with Crippen LogP contribution in [0, 0.1) is 11.8 Å². The number of rotatable bonds is 3. The maximum absolute atomic E-state index is 11.5. The molecule has 0 bridgehead atoms. The summed E-state index contributed by atoms with van der Waals surface area (Å²) in [6.07, 6.45) is 0.712. The lowest BCUT2D eigenvalue weighted by Gasteiger charge is -2.31. The molecule has 5 nitrogen and oxygen atoms in total. The van der Waals surface area contributed by atoms with E-state index < -0.39 is 5.60 Å². The maximum atomic E-state index is 11.5. The van der Waals surface area contributed by atoms with Gasteiger partial charge in [-0.2, -0.15) is 0 Å². The highest BCUT2D eigenvalue weighted by atomic mass is 16.6. The number of carbonyl (C=O) groups excluding carboxylic acids is 1. The average Bonchev–Trinajstić information content (AvgIpc) is 2.24. The molecular formula is C12H25N3O2. The molecule has 0 aromatic carbocycles. The second kappa shape index (κ2) is 6.21. The third-order valence-electron chi connectivity index (χ3n) is 2.98. The summed E-state index contributed by atoms with van der Waals surface area (Å²) in [6, 6.07) is 0. The van der Waals surface area contributed by atoms with E-state index in [-0.39, 0.29) is 6.09 Å². The van der Waals surface area contributed by atoms with Gasteiger partial charge in [-0.1, -0.05) is 0 Å². The van der Waals surface area contributed by atoms with E-state index in [1.54, 1.807) is 0 Å². The number of piperidine rings is 1. The largest absolute Gasteiger partial charge is 0.444 e. The Balaban J connectivity index is 2.31. The molecule has 0 radical (unpaired) electrons. The molecule has 1 amide bonds. The summed E-state index contributed by atoms with van der Waals surface area (Å²) >= 11 is 0. The molecule has 1 aliphatic rings. The van der Waals surface area contributed by atoms with Gasteiger partial charge in [-0.05, 0) is 58.7 Å². The Kier molecular flexibility index (Phi) is 5.21. The zero-order valence-electron chi connectivity index (χ0n) is 11.1. The Hall–Kier alpha value is -0.810. The molecule has 0 spiro atoms. The number of hydrogen-bond donors (Lipinski definition) is 3. The Morgan fingerprint density at radius 2 is 2.18 bits per heavy atom. The van der Waals surface area contributed by atoms with E-state index in [1.165, 1.54) is 0 Å². The third kappa shape index (κ3) is 5.37. The van der Waals surface area contributed by atoms with Crippen LogP contribution in [0.1, 0.15) is 27.2 Å². The molecule has 0 aliphatic carbocycles. The second-order valence-corrected chi connectivity index (χ2v) is 5.63. The smallest absolute Gasteiger partial charge is 0.407 e. The number of carbonyl (C=O) groups is 1. The highest BCUT2D eigenvalue weighted by molar-refractivity contribution is 5.67. The summed E-state index contributed by atoms with van der Waals surface area (Å²) < 4.78 is 5.20. The van der Waals surface area contributed by atoms with E-state index in [0.29, 0.717) is 24.9 Å². The summed E-state index contributed by atoms with van der Waals surface area (Å²) in [5, 5.41) is 6.15. The van der Waals surface area contributed by atoms with Crippen LogP contribution < -0.4 is 16.4 Å². The first-order valence-corrected chi connectivity index (χ1v) is 6.30. The van der Waals surface area contributed by atoms with Crippen molar-refractivity contribution in [2.24, 2.45) is 17.6 Å². The number of ether oxygens (including phenoxy) is 1. The van der Waals surface area contributed by atoms with Crippen molar-refractivity contribution >= 4 is 6.09 Å². The summed E-state index contributed by atoms with van der Waals surface area (Å²) in [4.78, 5) is 11.5. The van der Waals surface area contributed by atoms with E-state index in [0.717, 1.165) is 19.5 Å². The lowest BCUT2D eigenvalue weighted by atomic mass is 9.86. The van der Waals surface area contributed by atoms with Crippen LogP contribution in [0.3, 0.4) is 0 Å². The Bertz CT molecular complexity index is 251. The molecule has 0 aromatic heterocycles. The van der Waals surface area contributed by atoms with E-state index in [4.69, 9.17) is 10.5 Å². The van der Waals surface area contributed by atoms with Crippen LogP contribution in [0.4, 0.5) is 4.79 Å². The molecule has 1 aliphatic heterocycles. The number of alkyl carbamates (subject to hydrolysis) is 1. The van der Waals surface area contributed by atoms with Crippen molar-refractivity contribution in [1.82, 2.24) is 10.6 Å². The number of hydrogen-bond acceptors (Lipinski definition) is 4. The minimum absolute atomic E-state index is 0.341. The van der Waals surface area contributed by atoms with Gasteiger partial charge in [-0.15, -0.1) is 0 Å². The topological polar surface area (TPSA) is 76.4 Å². The van der Waals surface area contributed by atoms with Crippen molar-refractivity contribution in [3.8, 4) is 0 Å². The molecule has 5 heteroatoms. The van der Waals surface area contributed by atoms with Gasteiger partial charge in [-0.25, -0.2) is 4.79 Å². The van der Waals surface area contributed by atoms with Gasteiger partial charge in [0, 0.05) is 6.54 Å². The first-order valence-electron chi connectivity index (χ1n) is 6.30. The standard InChI is InChI=1S/C12H25N3O2/c1-12(2,3)17-11(16)15-8-9-4-5-14-7-10(9)6-13/h9-10,14H,4-8,13H2,1-3H3,(H,15,16)/t9-,10-/m0/s1. The van der Waals surface area contributed by atoms with Crippen molar-refractivity contribution in [3.05, 3.63) is 0 Å². The van der Waals surface area contributed by atoms with E-state index in [2.05, 4.69) is 10.6 Å². The Morgan fingerprint density at radius 3 is 2.76 bits per heavy atom. The molecule has 1 fully saturated rings. The minimum Gasteiger partial charge on any atom is -0.444 e. The molecule has 2 atom stereocenters. The van der Waals surface area contributed by atoms with Crippen molar-refractivity contribution in [3.63, 3.8) is 0 Å². The van der Waals surface area contributed by atoms with Crippen LogP contribution in [0.5, 0.6) is 0 Å². The van der Waals surface area contributed by atoms with Gasteiger partial charge in [-0.3, -0.25) is 0 Å². The predicted octanol–water partition coefficient (Wildman–Crippen LogP) is 0.696. The summed E-state index contributed by atoms with van der Waals surface area (Å²) in [5.41, 5.74) is 5.28. The van der Waals surface area contributed by atoms with E-state index >= 15 is 0 Å². The van der Waals surface area contributed by atoms with Crippen molar-refractivity contribution in [2.45, 2.75) is 32.8 Å². The van der Waals surface area contributed by atoms with Gasteiger partial charge in [0.15, 0.2) is 0 Å². The van der Waals surface area contributed by atoms with Crippen LogP contribution in [-0.4, -0.2) is 37.9 Å². The predicted molar refractivity (Wildman–Crippen MR) is 67.8 cm³/mol. The Labute approximate surface area is 103 Å². The summed E-state index contributed by atoms with van der Waals surface area (Å²) in [5.74, 6) is 0.896. The van der Waals surface area contributed by atoms with Crippen LogP contribution in [0.25, 0.3) is 0 Å². The lowest BCUT2D eigenvalue weighted by Crippen LogP contribution is -2.45. The average molecular weight is 243 g/mol. The molecule has 1 saturated heterocycles. The second-order valence-electron chi connectivity index (χ2n) is 5.63. The molecule has 17 heavy (non-hydrogen) atoms. The number of nitrogens with one attached hydrogen (secondary N) is 2.